The Morgan fingerprint density at radius 3 is 2.80 bits per heavy atom. The zero-order valence-corrected chi connectivity index (χ0v) is 12.7. The molecule has 0 saturated heterocycles. The fraction of sp³-hybridized carbons (Fsp3) is 0.667. The lowest BCUT2D eigenvalue weighted by Gasteiger charge is -2.25. The predicted octanol–water partition coefficient (Wildman–Crippen LogP) is 1.33. The van der Waals surface area contributed by atoms with Crippen LogP contribution in [0.2, 0.25) is 0 Å². The smallest absolute Gasteiger partial charge is 0.191 e. The summed E-state index contributed by atoms with van der Waals surface area (Å²) in [6.07, 6.45) is 5.29. The fourth-order valence-electron chi connectivity index (χ4n) is 2.43. The number of aliphatic imine (C=N–C) groups is 1. The monoisotopic (exact) mass is 278 g/mol. The molecule has 0 radical (unpaired) electrons. The summed E-state index contributed by atoms with van der Waals surface area (Å²) in [6, 6.07) is 4.51. The number of nitrogens with one attached hydrogen (secondary N) is 2. The molecule has 0 bridgehead atoms. The number of hydrogen-bond donors (Lipinski definition) is 2. The molecule has 0 aromatic carbocycles. The fourth-order valence-corrected chi connectivity index (χ4v) is 2.43. The van der Waals surface area contributed by atoms with Crippen molar-refractivity contribution in [2.75, 3.05) is 34.2 Å². The maximum Gasteiger partial charge on any atom is 0.191 e. The van der Waals surface area contributed by atoms with Crippen LogP contribution < -0.4 is 10.6 Å². The van der Waals surface area contributed by atoms with E-state index in [2.05, 4.69) is 34.6 Å². The lowest BCUT2D eigenvalue weighted by atomic mass is 10.1. The Labute approximate surface area is 121 Å². The molecule has 112 valence electrons. The summed E-state index contributed by atoms with van der Waals surface area (Å²) in [4.78, 5) is 6.57. The van der Waals surface area contributed by atoms with Crippen LogP contribution in [0.3, 0.4) is 0 Å². The highest BCUT2D eigenvalue weighted by molar-refractivity contribution is 5.79. The zero-order chi connectivity index (χ0) is 14.4. The van der Waals surface area contributed by atoms with Crippen molar-refractivity contribution in [1.29, 1.82) is 0 Å². The summed E-state index contributed by atoms with van der Waals surface area (Å²) in [6.45, 7) is 1.77. The number of hydrogen-bond acceptors (Lipinski definition) is 3. The predicted molar refractivity (Wildman–Crippen MR) is 82.0 cm³/mol. The maximum atomic E-state index is 5.31. The third-order valence-corrected chi connectivity index (χ3v) is 3.78. The van der Waals surface area contributed by atoms with Crippen LogP contribution in [0.4, 0.5) is 0 Å². The largest absolute Gasteiger partial charge is 0.469 e. The molecule has 1 unspecified atom stereocenters. The molecule has 20 heavy (non-hydrogen) atoms. The number of likely N-dealkylation sites (N-methyl/N-ethyl adjacent to an activating group) is 1. The van der Waals surface area contributed by atoms with Crippen LogP contribution in [0.1, 0.15) is 18.6 Å². The minimum atomic E-state index is 0.596. The first kappa shape index (κ1) is 14.9. The second-order valence-electron chi connectivity index (χ2n) is 5.58. The van der Waals surface area contributed by atoms with Crippen molar-refractivity contribution in [1.82, 2.24) is 15.5 Å². The third kappa shape index (κ3) is 4.56. The molecular formula is C15H26N4O. The highest BCUT2D eigenvalue weighted by Crippen LogP contribution is 2.34. The van der Waals surface area contributed by atoms with Crippen molar-refractivity contribution in [2.24, 2.45) is 10.9 Å². The molecule has 1 aromatic rings. The SMILES string of the molecule is CN=C(NCCc1ccco1)NCC(C1CC1)N(C)C. The van der Waals surface area contributed by atoms with E-state index >= 15 is 0 Å². The van der Waals surface area contributed by atoms with Crippen LogP contribution in [0, 0.1) is 5.92 Å². The van der Waals surface area contributed by atoms with Crippen molar-refractivity contribution < 1.29 is 4.42 Å². The lowest BCUT2D eigenvalue weighted by molar-refractivity contribution is 0.264. The number of rotatable bonds is 7. The van der Waals surface area contributed by atoms with Crippen LogP contribution in [-0.4, -0.2) is 51.1 Å². The molecule has 1 aliphatic rings. The van der Waals surface area contributed by atoms with E-state index in [-0.39, 0.29) is 0 Å². The van der Waals surface area contributed by atoms with Gasteiger partial charge in [0.05, 0.1) is 6.26 Å². The van der Waals surface area contributed by atoms with Gasteiger partial charge in [-0.1, -0.05) is 0 Å². The molecule has 1 saturated carbocycles. The average molecular weight is 278 g/mol. The first-order valence-electron chi connectivity index (χ1n) is 7.34. The standard InChI is InChI=1S/C15H26N4O/c1-16-15(17-9-8-13-5-4-10-20-13)18-11-14(19(2)3)12-6-7-12/h4-5,10,12,14H,6-9,11H2,1-3H3,(H2,16,17,18). The Hall–Kier alpha value is -1.49. The molecule has 1 heterocycles. The molecule has 2 rings (SSSR count). The van der Waals surface area contributed by atoms with Gasteiger partial charge in [-0.15, -0.1) is 0 Å². The van der Waals surface area contributed by atoms with E-state index in [1.54, 1.807) is 6.26 Å². The van der Waals surface area contributed by atoms with E-state index in [0.717, 1.165) is 37.1 Å². The van der Waals surface area contributed by atoms with Gasteiger partial charge in [0.2, 0.25) is 0 Å². The van der Waals surface area contributed by atoms with Crippen LogP contribution in [0.25, 0.3) is 0 Å². The summed E-state index contributed by atoms with van der Waals surface area (Å²) < 4.78 is 5.31. The highest BCUT2D eigenvalue weighted by Gasteiger charge is 2.32. The first-order valence-corrected chi connectivity index (χ1v) is 7.34. The first-order chi connectivity index (χ1) is 9.70. The van der Waals surface area contributed by atoms with Gasteiger partial charge in [-0.25, -0.2) is 0 Å². The lowest BCUT2D eigenvalue weighted by Crippen LogP contribution is -2.46. The number of guanidine groups is 1. The molecule has 0 spiro atoms. The van der Waals surface area contributed by atoms with Gasteiger partial charge in [0.15, 0.2) is 5.96 Å². The van der Waals surface area contributed by atoms with Crippen molar-refractivity contribution in [3.63, 3.8) is 0 Å². The molecule has 1 fully saturated rings. The van der Waals surface area contributed by atoms with Crippen molar-refractivity contribution >= 4 is 5.96 Å². The molecule has 0 aliphatic heterocycles. The summed E-state index contributed by atoms with van der Waals surface area (Å²) in [5.41, 5.74) is 0. The summed E-state index contributed by atoms with van der Waals surface area (Å²) in [5, 5.41) is 6.74. The van der Waals surface area contributed by atoms with E-state index in [9.17, 15) is 0 Å². The topological polar surface area (TPSA) is 52.8 Å². The van der Waals surface area contributed by atoms with Gasteiger partial charge >= 0.3 is 0 Å². The quantitative estimate of drug-likeness (QED) is 0.583. The number of furan rings is 1. The van der Waals surface area contributed by atoms with Crippen LogP contribution in [0.15, 0.2) is 27.8 Å². The van der Waals surface area contributed by atoms with Gasteiger partial charge in [-0.2, -0.15) is 0 Å². The third-order valence-electron chi connectivity index (χ3n) is 3.78. The molecule has 5 nitrogen and oxygen atoms in total. The zero-order valence-electron chi connectivity index (χ0n) is 12.7. The molecule has 1 aromatic heterocycles. The second-order valence-corrected chi connectivity index (χ2v) is 5.58. The molecular weight excluding hydrogens is 252 g/mol. The van der Waals surface area contributed by atoms with E-state index in [1.807, 2.05) is 19.2 Å². The summed E-state index contributed by atoms with van der Waals surface area (Å²) >= 11 is 0. The average Bonchev–Trinajstić information content (AvgIpc) is 3.12. The van der Waals surface area contributed by atoms with Gasteiger partial charge < -0.3 is 20.0 Å². The molecule has 0 amide bonds. The van der Waals surface area contributed by atoms with Crippen molar-refractivity contribution in [3.05, 3.63) is 24.2 Å². The minimum Gasteiger partial charge on any atom is -0.469 e. The Kier molecular flexibility index (Phi) is 5.47. The van der Waals surface area contributed by atoms with Gasteiger partial charge in [-0.05, 0) is 45.0 Å². The van der Waals surface area contributed by atoms with E-state index in [1.165, 1.54) is 12.8 Å². The van der Waals surface area contributed by atoms with Crippen LogP contribution in [0.5, 0.6) is 0 Å². The van der Waals surface area contributed by atoms with E-state index in [0.29, 0.717) is 6.04 Å². The van der Waals surface area contributed by atoms with E-state index in [4.69, 9.17) is 4.42 Å². The molecule has 1 aliphatic carbocycles. The Bertz CT molecular complexity index is 408. The van der Waals surface area contributed by atoms with Crippen molar-refractivity contribution in [3.8, 4) is 0 Å². The Balaban J connectivity index is 1.69. The normalized spacial score (nSPS) is 17.3. The van der Waals surface area contributed by atoms with Crippen LogP contribution >= 0.6 is 0 Å². The molecule has 1 atom stereocenters. The summed E-state index contributed by atoms with van der Waals surface area (Å²) in [5.74, 6) is 2.71. The summed E-state index contributed by atoms with van der Waals surface area (Å²) in [7, 11) is 6.11. The van der Waals surface area contributed by atoms with Gasteiger partial charge in [-0.3, -0.25) is 4.99 Å². The van der Waals surface area contributed by atoms with Gasteiger partial charge in [0.1, 0.15) is 5.76 Å². The van der Waals surface area contributed by atoms with Crippen LogP contribution in [-0.2, 0) is 6.42 Å². The van der Waals surface area contributed by atoms with Gasteiger partial charge in [0, 0.05) is 32.6 Å². The van der Waals surface area contributed by atoms with Gasteiger partial charge in [0.25, 0.3) is 0 Å². The Morgan fingerprint density at radius 1 is 1.45 bits per heavy atom. The number of nitrogens with zero attached hydrogens (tertiary/aromatic N) is 2. The molecule has 5 heteroatoms. The maximum absolute atomic E-state index is 5.31. The van der Waals surface area contributed by atoms with Crippen molar-refractivity contribution in [2.45, 2.75) is 25.3 Å². The minimum absolute atomic E-state index is 0.596. The van der Waals surface area contributed by atoms with E-state index < -0.39 is 0 Å². The molecule has 2 N–H and O–H groups in total. The Morgan fingerprint density at radius 2 is 2.25 bits per heavy atom. The highest BCUT2D eigenvalue weighted by atomic mass is 16.3. The second kappa shape index (κ2) is 7.33.